The predicted octanol–water partition coefficient (Wildman–Crippen LogP) is 2.78. The van der Waals surface area contributed by atoms with Crippen molar-refractivity contribution >= 4 is 11.6 Å². The van der Waals surface area contributed by atoms with Gasteiger partial charge in [0.25, 0.3) is 0 Å². The number of hydrogen-bond acceptors (Lipinski definition) is 5. The van der Waals surface area contributed by atoms with Crippen LogP contribution in [0.15, 0.2) is 41.2 Å². The second-order valence-corrected chi connectivity index (χ2v) is 6.73. The third-order valence-electron chi connectivity index (χ3n) is 4.43. The minimum absolute atomic E-state index is 0.169. The molecular formula is C18H17ClN4O3. The van der Waals surface area contributed by atoms with Crippen molar-refractivity contribution < 1.29 is 9.84 Å². The van der Waals surface area contributed by atoms with E-state index in [-0.39, 0.29) is 18.0 Å². The van der Waals surface area contributed by atoms with E-state index in [1.165, 1.54) is 11.7 Å². The first kappa shape index (κ1) is 16.7. The molecule has 0 saturated heterocycles. The molecule has 0 radical (unpaired) electrons. The number of aromatic nitrogens is 4. The smallest absolute Gasteiger partial charge is 0.368 e. The number of ether oxygens (including phenoxy) is 1. The van der Waals surface area contributed by atoms with Gasteiger partial charge in [-0.2, -0.15) is 9.36 Å². The van der Waals surface area contributed by atoms with Crippen LogP contribution in [-0.4, -0.2) is 24.9 Å². The predicted molar refractivity (Wildman–Crippen MR) is 96.0 cm³/mol. The highest BCUT2D eigenvalue weighted by Crippen LogP contribution is 2.45. The highest BCUT2D eigenvalue weighted by molar-refractivity contribution is 6.31. The summed E-state index contributed by atoms with van der Waals surface area (Å²) in [6, 6.07) is 10.3. The molecule has 26 heavy (non-hydrogen) atoms. The van der Waals surface area contributed by atoms with Crippen LogP contribution in [0.3, 0.4) is 0 Å². The first-order valence-corrected chi connectivity index (χ1v) is 8.65. The number of phenols is 1. The average Bonchev–Trinajstić information content (AvgIpc) is 3.41. The molecule has 1 N–H and O–H groups in total. The summed E-state index contributed by atoms with van der Waals surface area (Å²) in [4.78, 5) is 12.2. The van der Waals surface area contributed by atoms with E-state index in [0.717, 1.165) is 23.1 Å². The van der Waals surface area contributed by atoms with Crippen molar-refractivity contribution in [1.82, 2.24) is 19.8 Å². The van der Waals surface area contributed by atoms with Crippen molar-refractivity contribution in [2.45, 2.75) is 25.4 Å². The highest BCUT2D eigenvalue weighted by Gasteiger charge is 2.27. The summed E-state index contributed by atoms with van der Waals surface area (Å²) in [5, 5.41) is 17.8. The van der Waals surface area contributed by atoms with Crippen LogP contribution >= 0.6 is 11.6 Å². The number of aromatic hydroxyl groups is 1. The number of rotatable bonds is 5. The number of aryl methyl sites for hydroxylation is 1. The van der Waals surface area contributed by atoms with Crippen LogP contribution in [0.5, 0.6) is 11.5 Å². The Bertz CT molecular complexity index is 1020. The van der Waals surface area contributed by atoms with Gasteiger partial charge in [0, 0.05) is 23.2 Å². The molecule has 134 valence electrons. The van der Waals surface area contributed by atoms with Gasteiger partial charge in [-0.15, -0.1) is 0 Å². The van der Waals surface area contributed by atoms with Crippen molar-refractivity contribution in [3.8, 4) is 17.2 Å². The van der Waals surface area contributed by atoms with Gasteiger partial charge in [0.05, 0.1) is 5.69 Å². The van der Waals surface area contributed by atoms with Gasteiger partial charge in [0.1, 0.15) is 18.1 Å². The molecule has 4 rings (SSSR count). The number of hydrogen-bond donors (Lipinski definition) is 1. The van der Waals surface area contributed by atoms with E-state index >= 15 is 0 Å². The maximum Gasteiger partial charge on any atom is 0.368 e. The molecule has 1 aliphatic carbocycles. The molecule has 1 saturated carbocycles. The van der Waals surface area contributed by atoms with Crippen molar-refractivity contribution in [2.24, 2.45) is 7.05 Å². The second-order valence-electron chi connectivity index (χ2n) is 6.32. The molecule has 0 spiro atoms. The Morgan fingerprint density at radius 2 is 2.08 bits per heavy atom. The SMILES string of the molecule is Cn1nnn(-c2cccc(Cl)c2COc2ccc(O)cc2C2CC2)c1=O. The molecule has 0 aliphatic heterocycles. The molecule has 1 heterocycles. The van der Waals surface area contributed by atoms with Crippen molar-refractivity contribution in [1.29, 1.82) is 0 Å². The Labute approximate surface area is 154 Å². The highest BCUT2D eigenvalue weighted by atomic mass is 35.5. The fourth-order valence-electron chi connectivity index (χ4n) is 2.88. The summed E-state index contributed by atoms with van der Waals surface area (Å²) in [6.07, 6.45) is 2.18. The number of tetrazole rings is 1. The van der Waals surface area contributed by atoms with Gasteiger partial charge in [-0.1, -0.05) is 17.7 Å². The lowest BCUT2D eigenvalue weighted by atomic mass is 10.1. The summed E-state index contributed by atoms with van der Waals surface area (Å²) in [5.41, 5.74) is 1.81. The van der Waals surface area contributed by atoms with Crippen molar-refractivity contribution in [3.63, 3.8) is 0 Å². The van der Waals surface area contributed by atoms with Crippen LogP contribution in [-0.2, 0) is 13.7 Å². The lowest BCUT2D eigenvalue weighted by Crippen LogP contribution is -2.23. The standard InChI is InChI=1S/C18H17ClN4O3/c1-22-18(25)23(21-20-22)16-4-2-3-15(19)14(16)10-26-17-8-7-12(24)9-13(17)11-5-6-11/h2-4,7-9,11,24H,5-6,10H2,1H3. The Kier molecular flexibility index (Phi) is 4.16. The zero-order valence-corrected chi connectivity index (χ0v) is 14.8. The maximum atomic E-state index is 12.2. The van der Waals surface area contributed by atoms with Gasteiger partial charge >= 0.3 is 5.69 Å². The third kappa shape index (κ3) is 3.06. The molecule has 0 atom stereocenters. The molecule has 1 aromatic heterocycles. The monoisotopic (exact) mass is 372 g/mol. The zero-order chi connectivity index (χ0) is 18.3. The molecule has 1 fully saturated rings. The third-order valence-corrected chi connectivity index (χ3v) is 4.78. The van der Waals surface area contributed by atoms with E-state index in [1.54, 1.807) is 36.4 Å². The Hall–Kier alpha value is -2.80. The molecule has 0 amide bonds. The minimum Gasteiger partial charge on any atom is -0.508 e. The molecular weight excluding hydrogens is 356 g/mol. The summed E-state index contributed by atoms with van der Waals surface area (Å²) in [6.45, 7) is 0.169. The van der Waals surface area contributed by atoms with Crippen LogP contribution in [0.4, 0.5) is 0 Å². The van der Waals surface area contributed by atoms with Crippen molar-refractivity contribution in [3.05, 3.63) is 63.0 Å². The lowest BCUT2D eigenvalue weighted by molar-refractivity contribution is 0.301. The summed E-state index contributed by atoms with van der Waals surface area (Å²) in [5.74, 6) is 1.36. The van der Waals surface area contributed by atoms with Crippen LogP contribution in [0, 0.1) is 0 Å². The van der Waals surface area contributed by atoms with E-state index in [9.17, 15) is 9.90 Å². The molecule has 0 unspecified atom stereocenters. The van der Waals surface area contributed by atoms with Crippen molar-refractivity contribution in [2.75, 3.05) is 0 Å². The Morgan fingerprint density at radius 3 is 2.77 bits per heavy atom. The zero-order valence-electron chi connectivity index (χ0n) is 14.1. The second kappa shape index (κ2) is 6.49. The van der Waals surface area contributed by atoms with Gasteiger partial charge in [0.15, 0.2) is 0 Å². The molecule has 7 nitrogen and oxygen atoms in total. The fraction of sp³-hybridized carbons (Fsp3) is 0.278. The van der Waals surface area contributed by atoms with Gasteiger partial charge < -0.3 is 9.84 Å². The van der Waals surface area contributed by atoms with E-state index in [2.05, 4.69) is 10.4 Å². The topological polar surface area (TPSA) is 82.2 Å². The number of nitrogens with zero attached hydrogens (tertiary/aromatic N) is 4. The maximum absolute atomic E-state index is 12.2. The fourth-order valence-corrected chi connectivity index (χ4v) is 3.11. The van der Waals surface area contributed by atoms with E-state index < -0.39 is 0 Å². The molecule has 3 aromatic rings. The van der Waals surface area contributed by atoms with E-state index in [4.69, 9.17) is 16.3 Å². The van der Waals surface area contributed by atoms with Crippen LogP contribution < -0.4 is 10.4 Å². The first-order valence-electron chi connectivity index (χ1n) is 8.27. The molecule has 1 aliphatic rings. The van der Waals surface area contributed by atoms with E-state index in [1.807, 2.05) is 0 Å². The average molecular weight is 373 g/mol. The molecule has 0 bridgehead atoms. The van der Waals surface area contributed by atoms with Gasteiger partial charge in [-0.05, 0) is 59.5 Å². The molecule has 2 aromatic carbocycles. The van der Waals surface area contributed by atoms with E-state index in [0.29, 0.717) is 27.9 Å². The van der Waals surface area contributed by atoms with Crippen LogP contribution in [0.2, 0.25) is 5.02 Å². The first-order chi connectivity index (χ1) is 12.5. The normalized spacial score (nSPS) is 13.8. The molecule has 8 heteroatoms. The summed E-state index contributed by atoms with van der Waals surface area (Å²) >= 11 is 6.35. The minimum atomic E-state index is -0.364. The number of benzene rings is 2. The summed E-state index contributed by atoms with van der Waals surface area (Å²) in [7, 11) is 1.53. The summed E-state index contributed by atoms with van der Waals surface area (Å²) < 4.78 is 8.35. The van der Waals surface area contributed by atoms with Gasteiger partial charge in [-0.25, -0.2) is 4.79 Å². The largest absolute Gasteiger partial charge is 0.508 e. The Balaban J connectivity index is 1.68. The lowest BCUT2D eigenvalue weighted by Gasteiger charge is -2.14. The van der Waals surface area contributed by atoms with Crippen LogP contribution in [0.25, 0.3) is 5.69 Å². The number of phenolic OH excluding ortho intramolecular Hbond substituents is 1. The number of halogens is 1. The Morgan fingerprint density at radius 1 is 1.27 bits per heavy atom. The van der Waals surface area contributed by atoms with Crippen LogP contribution in [0.1, 0.15) is 29.9 Å². The quantitative estimate of drug-likeness (QED) is 0.744. The van der Waals surface area contributed by atoms with Gasteiger partial charge in [0.2, 0.25) is 0 Å². The van der Waals surface area contributed by atoms with Gasteiger partial charge in [-0.3, -0.25) is 0 Å².